The molecule has 11 nitrogen and oxygen atoms in total. The van der Waals surface area contributed by atoms with Gasteiger partial charge in [-0.15, -0.1) is 0 Å². The fourth-order valence-electron chi connectivity index (χ4n) is 5.56. The molecule has 44 heavy (non-hydrogen) atoms. The SMILES string of the molecule is Cn1cc(NC(=O)CCCOc2cc3c(cc2CO)C(=O)N2CCCC[C@H]2C=N3)cc1C(=O)Cc1ccc(C(=O)CO)cc1. The van der Waals surface area contributed by atoms with E-state index in [1.54, 1.807) is 60.3 Å². The second-order valence-corrected chi connectivity index (χ2v) is 11.1. The molecular formula is C33H36N4O7. The number of aliphatic hydroxyl groups excluding tert-OH is 2. The van der Waals surface area contributed by atoms with Crippen LogP contribution in [0.1, 0.15) is 74.4 Å². The van der Waals surface area contributed by atoms with Gasteiger partial charge >= 0.3 is 0 Å². The lowest BCUT2D eigenvalue weighted by Crippen LogP contribution is -2.43. The number of rotatable bonds is 12. The molecule has 2 aliphatic rings. The number of piperidine rings is 1. The topological polar surface area (TPSA) is 151 Å². The molecule has 3 aromatic rings. The van der Waals surface area contributed by atoms with Gasteiger partial charge in [-0.3, -0.25) is 24.2 Å². The molecule has 11 heteroatoms. The predicted molar refractivity (Wildman–Crippen MR) is 164 cm³/mol. The Balaban J connectivity index is 1.13. The van der Waals surface area contributed by atoms with Crippen LogP contribution in [0.25, 0.3) is 0 Å². The highest BCUT2D eigenvalue weighted by Crippen LogP contribution is 2.34. The summed E-state index contributed by atoms with van der Waals surface area (Å²) in [4.78, 5) is 56.7. The van der Waals surface area contributed by atoms with Crippen LogP contribution in [0.4, 0.5) is 11.4 Å². The number of hydrogen-bond donors (Lipinski definition) is 3. The van der Waals surface area contributed by atoms with Gasteiger partial charge in [-0.25, -0.2) is 0 Å². The van der Waals surface area contributed by atoms with Gasteiger partial charge in [-0.05, 0) is 43.4 Å². The summed E-state index contributed by atoms with van der Waals surface area (Å²) in [5.74, 6) is -0.429. The first-order chi connectivity index (χ1) is 21.3. The van der Waals surface area contributed by atoms with E-state index < -0.39 is 6.61 Å². The van der Waals surface area contributed by atoms with Crippen molar-refractivity contribution in [3.63, 3.8) is 0 Å². The first kappa shape index (κ1) is 30.8. The normalized spacial score (nSPS) is 15.8. The smallest absolute Gasteiger partial charge is 0.256 e. The second kappa shape index (κ2) is 13.8. The van der Waals surface area contributed by atoms with Crippen molar-refractivity contribution in [2.75, 3.05) is 25.1 Å². The number of ketones is 2. The third kappa shape index (κ3) is 6.95. The number of anilines is 1. The van der Waals surface area contributed by atoms with E-state index in [4.69, 9.17) is 9.84 Å². The summed E-state index contributed by atoms with van der Waals surface area (Å²) in [6, 6.07) is 11.5. The molecular weight excluding hydrogens is 564 g/mol. The van der Waals surface area contributed by atoms with E-state index in [2.05, 4.69) is 10.3 Å². The summed E-state index contributed by atoms with van der Waals surface area (Å²) in [7, 11) is 1.72. The Morgan fingerprint density at radius 2 is 1.86 bits per heavy atom. The van der Waals surface area contributed by atoms with Crippen molar-refractivity contribution in [1.29, 1.82) is 0 Å². The maximum absolute atomic E-state index is 13.2. The number of aryl methyl sites for hydroxylation is 1. The highest BCUT2D eigenvalue weighted by molar-refractivity contribution is 6.03. The number of nitrogens with zero attached hydrogens (tertiary/aromatic N) is 3. The van der Waals surface area contributed by atoms with Crippen molar-refractivity contribution >= 4 is 41.0 Å². The molecule has 1 atom stereocenters. The summed E-state index contributed by atoms with van der Waals surface area (Å²) in [5.41, 5.74) is 3.49. The average Bonchev–Trinajstić information content (AvgIpc) is 3.34. The van der Waals surface area contributed by atoms with Gasteiger partial charge in [0.15, 0.2) is 11.6 Å². The van der Waals surface area contributed by atoms with Gasteiger partial charge in [0.05, 0.1) is 41.9 Å². The largest absolute Gasteiger partial charge is 0.493 e. The molecule has 5 rings (SSSR count). The van der Waals surface area contributed by atoms with Crippen LogP contribution in [0.15, 0.2) is 53.7 Å². The number of aliphatic hydroxyl groups is 2. The second-order valence-electron chi connectivity index (χ2n) is 11.1. The lowest BCUT2D eigenvalue weighted by molar-refractivity contribution is -0.116. The zero-order valence-corrected chi connectivity index (χ0v) is 24.6. The molecule has 0 unspecified atom stereocenters. The molecule has 3 heterocycles. The Morgan fingerprint density at radius 1 is 1.07 bits per heavy atom. The molecule has 0 saturated carbocycles. The number of nitrogens with one attached hydrogen (secondary N) is 1. The summed E-state index contributed by atoms with van der Waals surface area (Å²) >= 11 is 0. The summed E-state index contributed by atoms with van der Waals surface area (Å²) < 4.78 is 7.56. The first-order valence-electron chi connectivity index (χ1n) is 14.8. The van der Waals surface area contributed by atoms with Crippen molar-refractivity contribution in [3.8, 4) is 5.75 Å². The number of aromatic nitrogens is 1. The first-order valence-corrected chi connectivity index (χ1v) is 14.8. The summed E-state index contributed by atoms with van der Waals surface area (Å²) in [6.07, 6.45) is 7.07. The number of carbonyl (C=O) groups is 4. The molecule has 1 saturated heterocycles. The van der Waals surface area contributed by atoms with Crippen molar-refractivity contribution < 1.29 is 34.1 Å². The lowest BCUT2D eigenvalue weighted by atomic mass is 10.0. The number of carbonyl (C=O) groups excluding carboxylic acids is 4. The summed E-state index contributed by atoms with van der Waals surface area (Å²) in [5, 5.41) is 21.8. The molecule has 230 valence electrons. The Hall–Kier alpha value is -4.61. The number of Topliss-reactive ketones (excluding diaryl/α,β-unsaturated/α-hetero) is 2. The zero-order valence-electron chi connectivity index (χ0n) is 24.6. The van der Waals surface area contributed by atoms with E-state index in [0.717, 1.165) is 24.8 Å². The minimum atomic E-state index is -0.569. The fourth-order valence-corrected chi connectivity index (χ4v) is 5.56. The zero-order chi connectivity index (χ0) is 31.2. The standard InChI is InChI=1S/C33H36N4O7/c1-36-18-24(15-28(36)29(40)13-21-7-9-22(10-8-21)30(41)20-39)35-32(42)6-4-12-44-31-16-27-26(14-23(31)19-38)33(43)37-11-3-2-5-25(37)17-34-27/h7-10,14-18,25,38-39H,2-6,11-13,19-20H2,1H3,(H,35,42)/t25-/m0/s1. The molecule has 3 N–H and O–H groups in total. The van der Waals surface area contributed by atoms with Gasteiger partial charge in [-0.1, -0.05) is 24.3 Å². The molecule has 2 aromatic carbocycles. The van der Waals surface area contributed by atoms with Crippen LogP contribution in [-0.2, 0) is 24.9 Å². The van der Waals surface area contributed by atoms with Gasteiger partial charge in [-0.2, -0.15) is 0 Å². The Labute approximate surface area is 255 Å². The van der Waals surface area contributed by atoms with E-state index in [1.807, 2.05) is 11.1 Å². The predicted octanol–water partition coefficient (Wildman–Crippen LogP) is 3.63. The number of hydrogen-bond acceptors (Lipinski definition) is 8. The van der Waals surface area contributed by atoms with Gasteiger partial charge in [0.2, 0.25) is 5.91 Å². The highest BCUT2D eigenvalue weighted by atomic mass is 16.5. The number of amides is 2. The Morgan fingerprint density at radius 3 is 2.61 bits per heavy atom. The summed E-state index contributed by atoms with van der Waals surface area (Å²) in [6.45, 7) is 0.0378. The van der Waals surface area contributed by atoms with Crippen LogP contribution in [-0.4, -0.2) is 75.1 Å². The monoisotopic (exact) mass is 600 g/mol. The van der Waals surface area contributed by atoms with Crippen molar-refractivity contribution in [1.82, 2.24) is 9.47 Å². The fraction of sp³-hybridized carbons (Fsp3) is 0.364. The van der Waals surface area contributed by atoms with E-state index >= 15 is 0 Å². The van der Waals surface area contributed by atoms with Crippen LogP contribution < -0.4 is 10.1 Å². The van der Waals surface area contributed by atoms with Gasteiger partial charge < -0.3 is 29.7 Å². The highest BCUT2D eigenvalue weighted by Gasteiger charge is 2.30. The maximum Gasteiger partial charge on any atom is 0.256 e. The van der Waals surface area contributed by atoms with Crippen LogP contribution in [0.5, 0.6) is 5.75 Å². The average molecular weight is 601 g/mol. The lowest BCUT2D eigenvalue weighted by Gasteiger charge is -2.32. The van der Waals surface area contributed by atoms with Gasteiger partial charge in [0, 0.05) is 56.0 Å². The van der Waals surface area contributed by atoms with E-state index in [9.17, 15) is 24.3 Å². The molecule has 2 amide bonds. The molecule has 0 bridgehead atoms. The van der Waals surface area contributed by atoms with Crippen LogP contribution in [0, 0.1) is 0 Å². The molecule has 0 aliphatic carbocycles. The minimum absolute atomic E-state index is 0.0220. The Bertz CT molecular complexity index is 1590. The molecule has 1 aromatic heterocycles. The van der Waals surface area contributed by atoms with E-state index in [0.29, 0.717) is 52.5 Å². The van der Waals surface area contributed by atoms with Gasteiger partial charge in [0.1, 0.15) is 12.4 Å². The molecule has 0 spiro atoms. The van der Waals surface area contributed by atoms with Crippen LogP contribution in [0.2, 0.25) is 0 Å². The van der Waals surface area contributed by atoms with Crippen LogP contribution in [0.3, 0.4) is 0 Å². The van der Waals surface area contributed by atoms with E-state index in [-0.39, 0.29) is 55.5 Å². The van der Waals surface area contributed by atoms with Gasteiger partial charge in [0.25, 0.3) is 5.91 Å². The van der Waals surface area contributed by atoms with Crippen molar-refractivity contribution in [2.45, 2.75) is 51.2 Å². The van der Waals surface area contributed by atoms with Crippen molar-refractivity contribution in [3.05, 3.63) is 76.6 Å². The van der Waals surface area contributed by atoms with Crippen LogP contribution >= 0.6 is 0 Å². The third-order valence-corrected chi connectivity index (χ3v) is 7.94. The number of fused-ring (bicyclic) bond motifs is 2. The van der Waals surface area contributed by atoms with Crippen molar-refractivity contribution in [2.24, 2.45) is 12.0 Å². The number of benzene rings is 2. The maximum atomic E-state index is 13.2. The quantitative estimate of drug-likeness (QED) is 0.212. The number of ether oxygens (including phenoxy) is 1. The number of aliphatic imine (C=N–C) groups is 1. The van der Waals surface area contributed by atoms with E-state index in [1.165, 1.54) is 0 Å². The molecule has 2 aliphatic heterocycles. The molecule has 1 fully saturated rings. The third-order valence-electron chi connectivity index (χ3n) is 7.94. The molecule has 0 radical (unpaired) electrons. The Kier molecular flexibility index (Phi) is 9.66. The minimum Gasteiger partial charge on any atom is -0.493 e.